The molecule has 0 fully saturated rings. The van der Waals surface area contributed by atoms with Crippen molar-refractivity contribution in [1.82, 2.24) is 9.97 Å². The van der Waals surface area contributed by atoms with Crippen LogP contribution in [0.15, 0.2) is 192 Å². The van der Waals surface area contributed by atoms with Gasteiger partial charge in [-0.05, 0) is 80.9 Å². The van der Waals surface area contributed by atoms with Gasteiger partial charge in [-0.25, -0.2) is 9.97 Å². The van der Waals surface area contributed by atoms with Gasteiger partial charge in [0.25, 0.3) is 0 Å². The molecule has 0 bridgehead atoms. The van der Waals surface area contributed by atoms with Crippen LogP contribution in [0.1, 0.15) is 23.6 Å². The largest absolute Gasteiger partial charge is 0.456 e. The maximum Gasteiger partial charge on any atom is 0.161 e. The van der Waals surface area contributed by atoms with Crippen molar-refractivity contribution in [1.29, 1.82) is 0 Å². The minimum Gasteiger partial charge on any atom is -0.456 e. The number of benzene rings is 8. The summed E-state index contributed by atoms with van der Waals surface area (Å²) in [6.07, 6.45) is 0. The minimum atomic E-state index is -0.377. The molecule has 0 spiro atoms. The predicted molar refractivity (Wildman–Crippen MR) is 226 cm³/mol. The van der Waals surface area contributed by atoms with Gasteiger partial charge in [0, 0.05) is 32.9 Å². The van der Waals surface area contributed by atoms with Crippen LogP contribution in [0.3, 0.4) is 0 Å². The van der Waals surface area contributed by atoms with Crippen LogP contribution >= 0.6 is 0 Å². The van der Waals surface area contributed by atoms with E-state index in [0.29, 0.717) is 5.82 Å². The monoisotopic (exact) mass is 702 g/mol. The summed E-state index contributed by atoms with van der Waals surface area (Å²) in [6, 6.07) is 66.9. The Bertz CT molecular complexity index is 3100. The Morgan fingerprint density at radius 1 is 0.418 bits per heavy atom. The van der Waals surface area contributed by atoms with Gasteiger partial charge in [-0.1, -0.05) is 164 Å². The summed E-state index contributed by atoms with van der Waals surface area (Å²) in [5.41, 5.74) is 15.0. The fourth-order valence-corrected chi connectivity index (χ4v) is 8.90. The third-order valence-electron chi connectivity index (χ3n) is 11.6. The maximum absolute atomic E-state index is 6.11. The van der Waals surface area contributed by atoms with E-state index in [2.05, 4.69) is 183 Å². The smallest absolute Gasteiger partial charge is 0.161 e. The van der Waals surface area contributed by atoms with Gasteiger partial charge < -0.3 is 4.42 Å². The van der Waals surface area contributed by atoms with Gasteiger partial charge in [-0.2, -0.15) is 0 Å². The topological polar surface area (TPSA) is 38.9 Å². The third-order valence-corrected chi connectivity index (χ3v) is 11.6. The van der Waals surface area contributed by atoms with Crippen LogP contribution in [0.4, 0.5) is 0 Å². The van der Waals surface area contributed by atoms with Crippen LogP contribution in [0.2, 0.25) is 0 Å². The fraction of sp³-hybridized carbons (Fsp3) is 0.0385. The number of fused-ring (bicyclic) bond motifs is 7. The molecular weight excluding hydrogens is 669 g/mol. The molecule has 10 aromatic rings. The Labute approximate surface area is 319 Å². The summed E-state index contributed by atoms with van der Waals surface area (Å²) < 4.78 is 6.11. The van der Waals surface area contributed by atoms with Crippen LogP contribution in [-0.4, -0.2) is 9.97 Å². The van der Waals surface area contributed by atoms with Gasteiger partial charge in [0.15, 0.2) is 5.82 Å². The molecule has 1 unspecified atom stereocenters. The molecule has 1 atom stereocenters. The molecule has 2 aromatic heterocycles. The first-order valence-electron chi connectivity index (χ1n) is 18.8. The first-order chi connectivity index (χ1) is 27.1. The summed E-state index contributed by atoms with van der Waals surface area (Å²) >= 11 is 0. The molecule has 0 saturated carbocycles. The van der Waals surface area contributed by atoms with Crippen LogP contribution < -0.4 is 0 Å². The van der Waals surface area contributed by atoms with E-state index in [9.17, 15) is 0 Å². The summed E-state index contributed by atoms with van der Waals surface area (Å²) in [7, 11) is 0. The molecule has 11 rings (SSSR count). The average molecular weight is 703 g/mol. The van der Waals surface area contributed by atoms with Crippen LogP contribution in [0, 0.1) is 0 Å². The van der Waals surface area contributed by atoms with Crippen molar-refractivity contribution in [2.75, 3.05) is 0 Å². The minimum absolute atomic E-state index is 0.377. The van der Waals surface area contributed by atoms with Crippen molar-refractivity contribution in [3.63, 3.8) is 0 Å². The molecule has 8 aromatic carbocycles. The number of hydrogen-bond acceptors (Lipinski definition) is 3. The maximum atomic E-state index is 6.11. The lowest BCUT2D eigenvalue weighted by Crippen LogP contribution is -2.23. The second kappa shape index (κ2) is 12.2. The van der Waals surface area contributed by atoms with E-state index in [4.69, 9.17) is 14.4 Å². The lowest BCUT2D eigenvalue weighted by Gasteiger charge is -2.30. The standard InChI is InChI=1S/C52H34N2O/c1-52(37-15-3-2-4-16-37)45-23-9-7-18-39(45)41-20-12-22-43(50(41)52)47-32-46(53-51(54-47)42-21-11-14-34-13-5-6-17-38(34)42)35-27-25-33(26-28-35)36-29-30-49-44(31-36)40-19-8-10-24-48(40)55-49/h2-32H,1H3. The van der Waals surface area contributed by atoms with Gasteiger partial charge in [0.05, 0.1) is 11.4 Å². The van der Waals surface area contributed by atoms with Gasteiger partial charge in [-0.3, -0.25) is 0 Å². The zero-order valence-electron chi connectivity index (χ0n) is 30.2. The van der Waals surface area contributed by atoms with Gasteiger partial charge in [0.1, 0.15) is 11.2 Å². The number of hydrogen-bond donors (Lipinski definition) is 0. The number of nitrogens with zero attached hydrogens (tertiary/aromatic N) is 2. The highest BCUT2D eigenvalue weighted by Gasteiger charge is 2.42. The second-order valence-corrected chi connectivity index (χ2v) is 14.6. The molecule has 1 aliphatic rings. The van der Waals surface area contributed by atoms with E-state index in [1.165, 1.54) is 27.8 Å². The zero-order valence-corrected chi connectivity index (χ0v) is 30.2. The van der Waals surface area contributed by atoms with Crippen LogP contribution in [0.5, 0.6) is 0 Å². The molecular formula is C52H34N2O. The molecule has 1 aliphatic carbocycles. The average Bonchev–Trinajstić information content (AvgIpc) is 3.76. The molecule has 3 nitrogen and oxygen atoms in total. The van der Waals surface area contributed by atoms with E-state index in [1.54, 1.807) is 0 Å². The Morgan fingerprint density at radius 2 is 1.04 bits per heavy atom. The summed E-state index contributed by atoms with van der Waals surface area (Å²) in [4.78, 5) is 10.8. The third kappa shape index (κ3) is 4.90. The fourth-order valence-electron chi connectivity index (χ4n) is 8.90. The quantitative estimate of drug-likeness (QED) is 0.179. The van der Waals surface area contributed by atoms with Crippen molar-refractivity contribution in [3.8, 4) is 56.2 Å². The van der Waals surface area contributed by atoms with Crippen LogP contribution in [-0.2, 0) is 5.41 Å². The number of para-hydroxylation sites is 1. The zero-order chi connectivity index (χ0) is 36.5. The summed E-state index contributed by atoms with van der Waals surface area (Å²) in [5.74, 6) is 0.709. The normalized spacial score (nSPS) is 14.7. The van der Waals surface area contributed by atoms with Gasteiger partial charge >= 0.3 is 0 Å². The Hall–Kier alpha value is -7.10. The number of rotatable bonds is 5. The van der Waals surface area contributed by atoms with E-state index in [1.807, 2.05) is 12.1 Å². The van der Waals surface area contributed by atoms with E-state index in [-0.39, 0.29) is 5.41 Å². The first-order valence-corrected chi connectivity index (χ1v) is 18.8. The molecule has 0 radical (unpaired) electrons. The molecule has 0 amide bonds. The lowest BCUT2D eigenvalue weighted by molar-refractivity contribution is 0.669. The molecule has 3 heteroatoms. The Balaban J connectivity index is 1.10. The van der Waals surface area contributed by atoms with Gasteiger partial charge in [0.2, 0.25) is 0 Å². The molecule has 258 valence electrons. The summed E-state index contributed by atoms with van der Waals surface area (Å²) in [6.45, 7) is 2.37. The predicted octanol–water partition coefficient (Wildman–Crippen LogP) is 13.5. The highest BCUT2D eigenvalue weighted by atomic mass is 16.3. The van der Waals surface area contributed by atoms with Crippen LogP contribution in [0.25, 0.3) is 88.9 Å². The lowest BCUT2D eigenvalue weighted by atomic mass is 9.72. The number of furan rings is 1. The molecule has 0 N–H and O–H groups in total. The first kappa shape index (κ1) is 31.4. The highest BCUT2D eigenvalue weighted by Crippen LogP contribution is 2.55. The molecule has 2 heterocycles. The Morgan fingerprint density at radius 3 is 1.93 bits per heavy atom. The highest BCUT2D eigenvalue weighted by molar-refractivity contribution is 6.06. The van der Waals surface area contributed by atoms with Crippen molar-refractivity contribution < 1.29 is 4.42 Å². The summed E-state index contributed by atoms with van der Waals surface area (Å²) in [5, 5.41) is 4.54. The molecule has 55 heavy (non-hydrogen) atoms. The second-order valence-electron chi connectivity index (χ2n) is 14.6. The van der Waals surface area contributed by atoms with E-state index < -0.39 is 0 Å². The molecule has 0 aliphatic heterocycles. The van der Waals surface area contributed by atoms with Crippen molar-refractivity contribution in [3.05, 3.63) is 205 Å². The SMILES string of the molecule is CC1(c2ccccc2)c2ccccc2-c2cccc(-c3cc(-c4ccc(-c5ccc6oc7ccccc7c6c5)cc4)nc(-c4cccc5ccccc45)n3)c21. The van der Waals surface area contributed by atoms with E-state index >= 15 is 0 Å². The van der Waals surface area contributed by atoms with Crippen molar-refractivity contribution in [2.45, 2.75) is 12.3 Å². The van der Waals surface area contributed by atoms with Crippen molar-refractivity contribution in [2.24, 2.45) is 0 Å². The Kier molecular flexibility index (Phi) is 6.99. The number of aromatic nitrogens is 2. The van der Waals surface area contributed by atoms with Gasteiger partial charge in [-0.15, -0.1) is 0 Å². The van der Waals surface area contributed by atoms with Crippen molar-refractivity contribution >= 4 is 32.7 Å². The van der Waals surface area contributed by atoms with E-state index in [0.717, 1.165) is 71.9 Å². The molecule has 0 saturated heterocycles.